The van der Waals surface area contributed by atoms with Crippen LogP contribution in [0.5, 0.6) is 0 Å². The van der Waals surface area contributed by atoms with E-state index in [1.165, 1.54) is 0 Å². The third-order valence-corrected chi connectivity index (χ3v) is 3.84. The number of benzene rings is 1. The van der Waals surface area contributed by atoms with Crippen molar-refractivity contribution in [2.45, 2.75) is 32.7 Å². The van der Waals surface area contributed by atoms with Crippen LogP contribution in [0.25, 0.3) is 0 Å². The summed E-state index contributed by atoms with van der Waals surface area (Å²) in [6.07, 6.45) is 1.31. The summed E-state index contributed by atoms with van der Waals surface area (Å²) < 4.78 is 0. The van der Waals surface area contributed by atoms with Crippen LogP contribution in [-0.2, 0) is 4.79 Å². The van der Waals surface area contributed by atoms with Gasteiger partial charge in [-0.05, 0) is 31.0 Å². The van der Waals surface area contributed by atoms with E-state index in [2.05, 4.69) is 5.16 Å². The van der Waals surface area contributed by atoms with Crippen molar-refractivity contribution in [2.24, 2.45) is 16.8 Å². The lowest BCUT2D eigenvalue weighted by molar-refractivity contribution is -0.134. The van der Waals surface area contributed by atoms with E-state index in [1.807, 2.05) is 32.0 Å². The number of amidine groups is 1. The van der Waals surface area contributed by atoms with Crippen molar-refractivity contribution in [3.8, 4) is 0 Å². The molecule has 0 aliphatic rings. The van der Waals surface area contributed by atoms with Crippen LogP contribution in [0.2, 0.25) is 5.02 Å². The van der Waals surface area contributed by atoms with E-state index < -0.39 is 5.92 Å². The molecule has 2 atom stereocenters. The van der Waals surface area contributed by atoms with E-state index in [0.29, 0.717) is 11.4 Å². The Labute approximate surface area is 130 Å². The third-order valence-electron chi connectivity index (χ3n) is 3.61. The van der Waals surface area contributed by atoms with E-state index in [4.69, 9.17) is 22.5 Å². The van der Waals surface area contributed by atoms with Crippen molar-refractivity contribution in [2.75, 3.05) is 7.05 Å². The Bertz CT molecular complexity index is 519. The molecule has 1 amide bonds. The molecule has 0 spiro atoms. The number of carbonyl (C=O) groups is 1. The number of amides is 1. The van der Waals surface area contributed by atoms with Gasteiger partial charge in [0.15, 0.2) is 5.84 Å². The predicted molar refractivity (Wildman–Crippen MR) is 84.4 cm³/mol. The van der Waals surface area contributed by atoms with Crippen molar-refractivity contribution in [1.82, 2.24) is 4.90 Å². The number of hydrogen-bond donors (Lipinski definition) is 2. The zero-order valence-electron chi connectivity index (χ0n) is 12.6. The van der Waals surface area contributed by atoms with Gasteiger partial charge in [-0.15, -0.1) is 0 Å². The average Bonchev–Trinajstić information content (AvgIpc) is 2.49. The quantitative estimate of drug-likeness (QED) is 0.367. The van der Waals surface area contributed by atoms with E-state index >= 15 is 0 Å². The SMILES string of the molecule is CCCC(C(=O)N(C)C(C)c1cccc(Cl)c1)C(N)=NO. The molecule has 5 nitrogen and oxygen atoms in total. The maximum Gasteiger partial charge on any atom is 0.233 e. The van der Waals surface area contributed by atoms with Crippen molar-refractivity contribution >= 4 is 23.3 Å². The zero-order valence-corrected chi connectivity index (χ0v) is 13.3. The summed E-state index contributed by atoms with van der Waals surface area (Å²) in [6.45, 7) is 3.87. The monoisotopic (exact) mass is 311 g/mol. The first-order valence-electron chi connectivity index (χ1n) is 6.91. The summed E-state index contributed by atoms with van der Waals surface area (Å²) in [5.74, 6) is -0.821. The summed E-state index contributed by atoms with van der Waals surface area (Å²) in [7, 11) is 1.71. The zero-order chi connectivity index (χ0) is 16.0. The Morgan fingerprint density at radius 1 is 1.52 bits per heavy atom. The molecule has 2 unspecified atom stereocenters. The number of nitrogens with zero attached hydrogens (tertiary/aromatic N) is 2. The Balaban J connectivity index is 2.94. The molecule has 0 radical (unpaired) electrons. The van der Waals surface area contributed by atoms with Gasteiger partial charge in [-0.1, -0.05) is 42.2 Å². The van der Waals surface area contributed by atoms with Crippen LogP contribution < -0.4 is 5.73 Å². The molecule has 0 saturated carbocycles. The second kappa shape index (κ2) is 7.88. The molecule has 0 aromatic heterocycles. The lowest BCUT2D eigenvalue weighted by Gasteiger charge is -2.29. The fourth-order valence-electron chi connectivity index (χ4n) is 2.18. The van der Waals surface area contributed by atoms with Crippen molar-refractivity contribution in [3.05, 3.63) is 34.9 Å². The molecular formula is C15H22ClN3O2. The van der Waals surface area contributed by atoms with Gasteiger partial charge >= 0.3 is 0 Å². The summed E-state index contributed by atoms with van der Waals surface area (Å²) in [6, 6.07) is 7.23. The van der Waals surface area contributed by atoms with Crippen molar-refractivity contribution in [3.63, 3.8) is 0 Å². The predicted octanol–water partition coefficient (Wildman–Crippen LogP) is 3.02. The molecule has 1 rings (SSSR count). The second-order valence-corrected chi connectivity index (χ2v) is 5.48. The molecule has 1 aromatic rings. The molecule has 6 heteroatoms. The number of oxime groups is 1. The summed E-state index contributed by atoms with van der Waals surface area (Å²) in [4.78, 5) is 14.2. The summed E-state index contributed by atoms with van der Waals surface area (Å²) >= 11 is 5.98. The fraction of sp³-hybridized carbons (Fsp3) is 0.467. The highest BCUT2D eigenvalue weighted by Gasteiger charge is 2.28. The van der Waals surface area contributed by atoms with E-state index in [9.17, 15) is 4.79 Å². The summed E-state index contributed by atoms with van der Waals surface area (Å²) in [5.41, 5.74) is 6.57. The first-order chi connectivity index (χ1) is 9.92. The maximum atomic E-state index is 12.6. The number of rotatable bonds is 6. The minimum absolute atomic E-state index is 0.0491. The topological polar surface area (TPSA) is 78.9 Å². The van der Waals surface area contributed by atoms with Crippen LogP contribution in [0, 0.1) is 5.92 Å². The molecule has 0 aliphatic carbocycles. The number of hydrogen-bond acceptors (Lipinski definition) is 3. The fourth-order valence-corrected chi connectivity index (χ4v) is 2.38. The first-order valence-corrected chi connectivity index (χ1v) is 7.29. The van der Waals surface area contributed by atoms with Crippen LogP contribution in [0.1, 0.15) is 38.3 Å². The molecule has 1 aromatic carbocycles. The normalized spacial score (nSPS) is 14.6. The van der Waals surface area contributed by atoms with Crippen LogP contribution in [0.3, 0.4) is 0 Å². The van der Waals surface area contributed by atoms with Crippen molar-refractivity contribution < 1.29 is 10.0 Å². The van der Waals surface area contributed by atoms with Gasteiger partial charge in [0.1, 0.15) is 0 Å². The molecule has 0 saturated heterocycles. The minimum Gasteiger partial charge on any atom is -0.409 e. The minimum atomic E-state index is -0.605. The molecule has 116 valence electrons. The van der Waals surface area contributed by atoms with Crippen LogP contribution >= 0.6 is 11.6 Å². The summed E-state index contributed by atoms with van der Waals surface area (Å²) in [5, 5.41) is 12.4. The highest BCUT2D eigenvalue weighted by Crippen LogP contribution is 2.24. The van der Waals surface area contributed by atoms with Crippen LogP contribution in [-0.4, -0.2) is 28.9 Å². The van der Waals surface area contributed by atoms with E-state index in [1.54, 1.807) is 18.0 Å². The molecule has 0 aliphatic heterocycles. The smallest absolute Gasteiger partial charge is 0.233 e. The molecular weight excluding hydrogens is 290 g/mol. The van der Waals surface area contributed by atoms with Gasteiger partial charge in [-0.2, -0.15) is 0 Å². The van der Waals surface area contributed by atoms with Gasteiger partial charge in [0.05, 0.1) is 12.0 Å². The Hall–Kier alpha value is -1.75. The second-order valence-electron chi connectivity index (χ2n) is 5.05. The number of nitrogens with two attached hydrogens (primary N) is 1. The Morgan fingerprint density at radius 3 is 2.71 bits per heavy atom. The Morgan fingerprint density at radius 2 is 2.19 bits per heavy atom. The average molecular weight is 312 g/mol. The first kappa shape index (κ1) is 17.3. The molecule has 0 bridgehead atoms. The lowest BCUT2D eigenvalue weighted by atomic mass is 9.99. The standard InChI is InChI=1S/C15H22ClN3O2/c1-4-6-13(14(17)18-21)15(20)19(3)10(2)11-7-5-8-12(16)9-11/h5,7-10,13,21H,4,6H2,1-3H3,(H2,17,18). The number of carbonyl (C=O) groups excluding carboxylic acids is 1. The number of halogens is 1. The van der Waals surface area contributed by atoms with Crippen molar-refractivity contribution in [1.29, 1.82) is 0 Å². The van der Waals surface area contributed by atoms with E-state index in [0.717, 1.165) is 12.0 Å². The molecule has 0 fully saturated rings. The van der Waals surface area contributed by atoms with Gasteiger partial charge in [0.2, 0.25) is 5.91 Å². The lowest BCUT2D eigenvalue weighted by Crippen LogP contribution is -2.41. The van der Waals surface area contributed by atoms with Gasteiger partial charge in [0.25, 0.3) is 0 Å². The Kier molecular flexibility index (Phi) is 6.49. The van der Waals surface area contributed by atoms with Gasteiger partial charge in [-0.3, -0.25) is 4.79 Å². The van der Waals surface area contributed by atoms with Crippen LogP contribution in [0.15, 0.2) is 29.4 Å². The molecule has 0 heterocycles. The van der Waals surface area contributed by atoms with Gasteiger partial charge < -0.3 is 15.8 Å². The molecule has 21 heavy (non-hydrogen) atoms. The highest BCUT2D eigenvalue weighted by atomic mass is 35.5. The van der Waals surface area contributed by atoms with Crippen LogP contribution in [0.4, 0.5) is 0 Å². The van der Waals surface area contributed by atoms with Gasteiger partial charge in [-0.25, -0.2) is 0 Å². The molecule has 3 N–H and O–H groups in total. The highest BCUT2D eigenvalue weighted by molar-refractivity contribution is 6.30. The van der Waals surface area contributed by atoms with Gasteiger partial charge in [0, 0.05) is 12.1 Å². The van der Waals surface area contributed by atoms with E-state index in [-0.39, 0.29) is 17.8 Å². The largest absolute Gasteiger partial charge is 0.409 e. The third kappa shape index (κ3) is 4.36. The maximum absolute atomic E-state index is 12.6.